The van der Waals surface area contributed by atoms with E-state index in [1.54, 1.807) is 0 Å². The molecule has 1 amide bonds. The molecule has 2 nitrogen and oxygen atoms in total. The molecule has 0 heterocycles. The fourth-order valence-corrected chi connectivity index (χ4v) is 1.09. The molecule has 5 heteroatoms. The maximum atomic E-state index is 13.2. The number of primary amides is 1. The summed E-state index contributed by atoms with van der Waals surface area (Å²) < 4.78 is 37.6. The minimum Gasteiger partial charge on any atom is -0.369 e. The lowest BCUT2D eigenvalue weighted by Crippen LogP contribution is -2.15. The molecule has 0 bridgehead atoms. The SMILES string of the molecule is NC(=O)Cc1cccc(C(F)F)c1F. The van der Waals surface area contributed by atoms with Crippen molar-refractivity contribution in [3.8, 4) is 0 Å². The van der Waals surface area contributed by atoms with E-state index >= 15 is 0 Å². The number of carbonyl (C=O) groups is 1. The van der Waals surface area contributed by atoms with E-state index in [1.165, 1.54) is 12.1 Å². The van der Waals surface area contributed by atoms with Gasteiger partial charge in [0.2, 0.25) is 5.91 Å². The van der Waals surface area contributed by atoms with Gasteiger partial charge in [-0.2, -0.15) is 0 Å². The molecule has 0 aromatic heterocycles. The molecule has 0 aliphatic carbocycles. The zero-order valence-corrected chi connectivity index (χ0v) is 7.14. The topological polar surface area (TPSA) is 43.1 Å². The molecule has 0 atom stereocenters. The standard InChI is InChI=1S/C9H8F3NO/c10-8-5(4-7(13)14)2-1-3-6(8)9(11)12/h1-3,9H,4H2,(H2,13,14). The molecular weight excluding hydrogens is 195 g/mol. The number of benzene rings is 1. The Labute approximate surface area is 78.5 Å². The van der Waals surface area contributed by atoms with E-state index in [2.05, 4.69) is 0 Å². The van der Waals surface area contributed by atoms with Crippen molar-refractivity contribution in [1.29, 1.82) is 0 Å². The van der Waals surface area contributed by atoms with Crippen LogP contribution in [0, 0.1) is 5.82 Å². The fourth-order valence-electron chi connectivity index (χ4n) is 1.09. The summed E-state index contributed by atoms with van der Waals surface area (Å²) in [5, 5.41) is 0. The number of halogens is 3. The number of carbonyl (C=O) groups excluding carboxylic acids is 1. The van der Waals surface area contributed by atoms with Crippen LogP contribution in [0.2, 0.25) is 0 Å². The minimum atomic E-state index is -2.89. The zero-order valence-electron chi connectivity index (χ0n) is 7.14. The van der Waals surface area contributed by atoms with Crippen LogP contribution in [0.4, 0.5) is 13.2 Å². The first kappa shape index (κ1) is 10.6. The van der Waals surface area contributed by atoms with E-state index in [0.29, 0.717) is 0 Å². The van der Waals surface area contributed by atoms with Gasteiger partial charge in [0, 0.05) is 0 Å². The molecule has 0 aliphatic heterocycles. The number of rotatable bonds is 3. The summed E-state index contributed by atoms with van der Waals surface area (Å²) in [6, 6.07) is 3.50. The molecule has 1 aromatic rings. The van der Waals surface area contributed by atoms with Gasteiger partial charge in [-0.25, -0.2) is 13.2 Å². The molecule has 76 valence electrons. The molecule has 0 radical (unpaired) electrons. The quantitative estimate of drug-likeness (QED) is 0.799. The summed E-state index contributed by atoms with van der Waals surface area (Å²) >= 11 is 0. The highest BCUT2D eigenvalue weighted by atomic mass is 19.3. The number of amides is 1. The molecule has 0 aliphatic rings. The van der Waals surface area contributed by atoms with E-state index in [0.717, 1.165) is 6.07 Å². The third-order valence-electron chi connectivity index (χ3n) is 1.71. The van der Waals surface area contributed by atoms with Crippen molar-refractivity contribution in [2.75, 3.05) is 0 Å². The largest absolute Gasteiger partial charge is 0.369 e. The Bertz CT molecular complexity index is 352. The Morgan fingerprint density at radius 1 is 1.43 bits per heavy atom. The third-order valence-corrected chi connectivity index (χ3v) is 1.71. The average molecular weight is 203 g/mol. The van der Waals surface area contributed by atoms with Crippen LogP contribution in [-0.4, -0.2) is 5.91 Å². The Hall–Kier alpha value is -1.52. The van der Waals surface area contributed by atoms with Gasteiger partial charge in [-0.05, 0) is 5.56 Å². The van der Waals surface area contributed by atoms with Crippen LogP contribution in [0.25, 0.3) is 0 Å². The van der Waals surface area contributed by atoms with Crippen molar-refractivity contribution in [3.63, 3.8) is 0 Å². The predicted octanol–water partition coefficient (Wildman–Crippen LogP) is 1.79. The number of hydrogen-bond acceptors (Lipinski definition) is 1. The first-order chi connectivity index (χ1) is 6.52. The van der Waals surface area contributed by atoms with Crippen molar-refractivity contribution in [3.05, 3.63) is 35.1 Å². The monoisotopic (exact) mass is 203 g/mol. The molecule has 0 saturated heterocycles. The summed E-state index contributed by atoms with van der Waals surface area (Å²) in [7, 11) is 0. The lowest BCUT2D eigenvalue weighted by molar-refractivity contribution is -0.117. The van der Waals surface area contributed by atoms with Crippen LogP contribution in [0.15, 0.2) is 18.2 Å². The molecule has 0 saturated carbocycles. The van der Waals surface area contributed by atoms with Gasteiger partial charge in [-0.15, -0.1) is 0 Å². The van der Waals surface area contributed by atoms with Gasteiger partial charge in [-0.1, -0.05) is 18.2 Å². The lowest BCUT2D eigenvalue weighted by Gasteiger charge is -2.05. The predicted molar refractivity (Wildman–Crippen MR) is 44.3 cm³/mol. The summed E-state index contributed by atoms with van der Waals surface area (Å²) in [4.78, 5) is 10.5. The smallest absolute Gasteiger partial charge is 0.266 e. The van der Waals surface area contributed by atoms with E-state index in [-0.39, 0.29) is 12.0 Å². The van der Waals surface area contributed by atoms with Crippen LogP contribution >= 0.6 is 0 Å². The van der Waals surface area contributed by atoms with Crippen molar-refractivity contribution < 1.29 is 18.0 Å². The zero-order chi connectivity index (χ0) is 10.7. The summed E-state index contributed by atoms with van der Waals surface area (Å²) in [5.74, 6) is -1.81. The average Bonchev–Trinajstić information content (AvgIpc) is 2.07. The molecule has 1 rings (SSSR count). The molecule has 14 heavy (non-hydrogen) atoms. The van der Waals surface area contributed by atoms with Gasteiger partial charge < -0.3 is 5.73 Å². The normalized spacial score (nSPS) is 10.6. The number of hydrogen-bond donors (Lipinski definition) is 1. The van der Waals surface area contributed by atoms with Gasteiger partial charge in [0.15, 0.2) is 0 Å². The number of nitrogens with two attached hydrogens (primary N) is 1. The summed E-state index contributed by atoms with van der Waals surface area (Å²) in [6.45, 7) is 0. The van der Waals surface area contributed by atoms with E-state index in [4.69, 9.17) is 5.73 Å². The molecule has 2 N–H and O–H groups in total. The Morgan fingerprint density at radius 2 is 2.07 bits per heavy atom. The van der Waals surface area contributed by atoms with Gasteiger partial charge >= 0.3 is 0 Å². The van der Waals surface area contributed by atoms with E-state index in [9.17, 15) is 18.0 Å². The lowest BCUT2D eigenvalue weighted by atomic mass is 10.1. The molecule has 0 spiro atoms. The molecule has 1 aromatic carbocycles. The minimum absolute atomic E-state index is 0.102. The maximum Gasteiger partial charge on any atom is 0.266 e. The fraction of sp³-hybridized carbons (Fsp3) is 0.222. The number of alkyl halides is 2. The first-order valence-electron chi connectivity index (χ1n) is 3.86. The first-order valence-corrected chi connectivity index (χ1v) is 3.86. The summed E-state index contributed by atoms with van der Waals surface area (Å²) in [5.41, 5.74) is 4.02. The van der Waals surface area contributed by atoms with Crippen LogP contribution < -0.4 is 5.73 Å². The van der Waals surface area contributed by atoms with Gasteiger partial charge in [0.05, 0.1) is 12.0 Å². The van der Waals surface area contributed by atoms with Crippen molar-refractivity contribution in [2.24, 2.45) is 5.73 Å². The molecule has 0 unspecified atom stereocenters. The highest BCUT2D eigenvalue weighted by molar-refractivity contribution is 5.76. The Kier molecular flexibility index (Phi) is 3.11. The highest BCUT2D eigenvalue weighted by Crippen LogP contribution is 2.24. The van der Waals surface area contributed by atoms with E-state index < -0.39 is 23.7 Å². The highest BCUT2D eigenvalue weighted by Gasteiger charge is 2.16. The van der Waals surface area contributed by atoms with Gasteiger partial charge in [0.25, 0.3) is 6.43 Å². The van der Waals surface area contributed by atoms with Crippen molar-refractivity contribution >= 4 is 5.91 Å². The van der Waals surface area contributed by atoms with Crippen LogP contribution in [-0.2, 0) is 11.2 Å². The van der Waals surface area contributed by atoms with Gasteiger partial charge in [0.1, 0.15) is 5.82 Å². The van der Waals surface area contributed by atoms with E-state index in [1.807, 2.05) is 0 Å². The second-order valence-electron chi connectivity index (χ2n) is 2.76. The van der Waals surface area contributed by atoms with Gasteiger partial charge in [-0.3, -0.25) is 4.79 Å². The van der Waals surface area contributed by atoms with Crippen molar-refractivity contribution in [2.45, 2.75) is 12.8 Å². The third kappa shape index (κ3) is 2.25. The molecule has 0 fully saturated rings. The summed E-state index contributed by atoms with van der Waals surface area (Å²) in [6.07, 6.45) is -3.25. The van der Waals surface area contributed by atoms with Crippen LogP contribution in [0.5, 0.6) is 0 Å². The Balaban J connectivity index is 3.07. The van der Waals surface area contributed by atoms with Crippen LogP contribution in [0.1, 0.15) is 17.6 Å². The van der Waals surface area contributed by atoms with Crippen molar-refractivity contribution in [1.82, 2.24) is 0 Å². The maximum absolute atomic E-state index is 13.2. The Morgan fingerprint density at radius 3 is 2.57 bits per heavy atom. The van der Waals surface area contributed by atoms with Crippen LogP contribution in [0.3, 0.4) is 0 Å². The second kappa shape index (κ2) is 4.13. The molecular formula is C9H8F3NO. The second-order valence-corrected chi connectivity index (χ2v) is 2.76.